The Hall–Kier alpha value is -2.07. The quantitative estimate of drug-likeness (QED) is 0.640. The van der Waals surface area contributed by atoms with Crippen LogP contribution in [0.5, 0.6) is 5.75 Å². The fourth-order valence-corrected chi connectivity index (χ4v) is 2.98. The molecular weight excluding hydrogens is 332 g/mol. The van der Waals surface area contributed by atoms with Crippen molar-refractivity contribution in [3.8, 4) is 16.9 Å². The van der Waals surface area contributed by atoms with Gasteiger partial charge in [0.1, 0.15) is 5.75 Å². The van der Waals surface area contributed by atoms with Crippen LogP contribution in [-0.2, 0) is 0 Å². The largest absolute Gasteiger partial charge is 0.497 e. The molecule has 21 heavy (non-hydrogen) atoms. The Labute approximate surface area is 130 Å². The molecule has 0 spiro atoms. The van der Waals surface area contributed by atoms with E-state index in [1.807, 2.05) is 49.4 Å². The van der Waals surface area contributed by atoms with Gasteiger partial charge in [0, 0.05) is 5.39 Å². The number of hydrogen-bond acceptors (Lipinski definition) is 3. The van der Waals surface area contributed by atoms with E-state index in [1.54, 1.807) is 7.11 Å². The molecule has 0 saturated heterocycles. The predicted octanol–water partition coefficient (Wildman–Crippen LogP) is 4.54. The topological polar surface area (TPSA) is 39.4 Å². The zero-order valence-corrected chi connectivity index (χ0v) is 13.2. The van der Waals surface area contributed by atoms with E-state index in [2.05, 4.69) is 15.9 Å². The molecule has 3 aromatic rings. The Morgan fingerprint density at radius 3 is 2.48 bits per heavy atom. The first kappa shape index (κ1) is 13.9. The molecule has 0 aliphatic rings. The maximum Gasteiger partial charge on any atom is 0.344 e. The van der Waals surface area contributed by atoms with Gasteiger partial charge in [-0.2, -0.15) is 0 Å². The van der Waals surface area contributed by atoms with Crippen LogP contribution in [0.15, 0.2) is 56.1 Å². The van der Waals surface area contributed by atoms with E-state index in [1.165, 1.54) is 0 Å². The fourth-order valence-electron chi connectivity index (χ4n) is 2.30. The average molecular weight is 345 g/mol. The van der Waals surface area contributed by atoms with E-state index in [0.29, 0.717) is 11.1 Å². The van der Waals surface area contributed by atoms with Crippen molar-refractivity contribution >= 4 is 26.9 Å². The highest BCUT2D eigenvalue weighted by Crippen LogP contribution is 2.28. The third-order valence-electron chi connectivity index (χ3n) is 3.33. The Bertz CT molecular complexity index is 864. The molecule has 0 amide bonds. The highest BCUT2D eigenvalue weighted by molar-refractivity contribution is 9.10. The molecule has 3 rings (SSSR count). The number of halogens is 1. The minimum absolute atomic E-state index is 0.350. The molecule has 0 aliphatic carbocycles. The minimum atomic E-state index is -0.350. The van der Waals surface area contributed by atoms with Crippen molar-refractivity contribution < 1.29 is 9.15 Å². The molecule has 0 bridgehead atoms. The van der Waals surface area contributed by atoms with Gasteiger partial charge in [0.25, 0.3) is 0 Å². The van der Waals surface area contributed by atoms with Crippen LogP contribution in [0.4, 0.5) is 0 Å². The molecule has 0 fully saturated rings. The van der Waals surface area contributed by atoms with Gasteiger partial charge in [-0.05, 0) is 64.3 Å². The second-order valence-electron chi connectivity index (χ2n) is 4.84. The van der Waals surface area contributed by atoms with E-state index in [-0.39, 0.29) is 5.63 Å². The lowest BCUT2D eigenvalue weighted by Crippen LogP contribution is -2.03. The van der Waals surface area contributed by atoms with Crippen LogP contribution in [0.1, 0.15) is 5.56 Å². The van der Waals surface area contributed by atoms with E-state index in [9.17, 15) is 4.79 Å². The van der Waals surface area contributed by atoms with Gasteiger partial charge in [0.05, 0.1) is 17.1 Å². The summed E-state index contributed by atoms with van der Waals surface area (Å²) in [5.41, 5.74) is 2.68. The Kier molecular flexibility index (Phi) is 3.55. The van der Waals surface area contributed by atoms with E-state index in [4.69, 9.17) is 9.15 Å². The molecule has 0 N–H and O–H groups in total. The Balaban J connectivity index is 2.22. The van der Waals surface area contributed by atoms with Gasteiger partial charge < -0.3 is 9.15 Å². The first-order valence-corrected chi connectivity index (χ1v) is 7.26. The predicted molar refractivity (Wildman–Crippen MR) is 86.9 cm³/mol. The lowest BCUT2D eigenvalue weighted by molar-refractivity contribution is 0.415. The summed E-state index contributed by atoms with van der Waals surface area (Å²) in [5.74, 6) is 0.752. The normalized spacial score (nSPS) is 10.8. The lowest BCUT2D eigenvalue weighted by Gasteiger charge is -2.06. The molecule has 0 aliphatic heterocycles. The zero-order chi connectivity index (χ0) is 15.0. The molecule has 106 valence electrons. The first-order chi connectivity index (χ1) is 10.1. The van der Waals surface area contributed by atoms with Crippen molar-refractivity contribution in [1.29, 1.82) is 0 Å². The van der Waals surface area contributed by atoms with Gasteiger partial charge in [-0.1, -0.05) is 12.1 Å². The average Bonchev–Trinajstić information content (AvgIpc) is 2.48. The number of hydrogen-bond donors (Lipinski definition) is 0. The maximum absolute atomic E-state index is 12.2. The number of benzene rings is 2. The van der Waals surface area contributed by atoms with E-state index >= 15 is 0 Å². The number of fused-ring (bicyclic) bond motifs is 1. The Morgan fingerprint density at radius 2 is 1.81 bits per heavy atom. The van der Waals surface area contributed by atoms with Crippen LogP contribution >= 0.6 is 15.9 Å². The Morgan fingerprint density at radius 1 is 1.10 bits per heavy atom. The van der Waals surface area contributed by atoms with Gasteiger partial charge in [-0.15, -0.1) is 0 Å². The summed E-state index contributed by atoms with van der Waals surface area (Å²) in [7, 11) is 1.61. The standard InChI is InChI=1S/C17H13BrO3/c1-10-7-12-9-14(11-3-5-13(20-2)6-4-11)17(19)21-16(12)15(18)8-10/h3-9H,1-2H3. The molecule has 0 saturated carbocycles. The molecular formula is C17H13BrO3. The highest BCUT2D eigenvalue weighted by Gasteiger charge is 2.10. The molecule has 3 nitrogen and oxygen atoms in total. The number of aryl methyl sites for hydroxylation is 1. The number of rotatable bonds is 2. The van der Waals surface area contributed by atoms with Crippen LogP contribution in [0.2, 0.25) is 0 Å². The van der Waals surface area contributed by atoms with E-state index < -0.39 is 0 Å². The van der Waals surface area contributed by atoms with Gasteiger partial charge >= 0.3 is 5.63 Å². The van der Waals surface area contributed by atoms with Crippen LogP contribution in [0.3, 0.4) is 0 Å². The minimum Gasteiger partial charge on any atom is -0.497 e. The lowest BCUT2D eigenvalue weighted by atomic mass is 10.1. The third kappa shape index (κ3) is 2.59. The van der Waals surface area contributed by atoms with Crippen molar-refractivity contribution in [1.82, 2.24) is 0 Å². The van der Waals surface area contributed by atoms with Crippen molar-refractivity contribution in [2.75, 3.05) is 7.11 Å². The second kappa shape index (κ2) is 5.37. The van der Waals surface area contributed by atoms with Crippen molar-refractivity contribution in [3.63, 3.8) is 0 Å². The zero-order valence-electron chi connectivity index (χ0n) is 11.6. The first-order valence-electron chi connectivity index (χ1n) is 6.47. The summed E-state index contributed by atoms with van der Waals surface area (Å²) in [6, 6.07) is 13.1. The molecule has 0 unspecified atom stereocenters. The molecule has 1 heterocycles. The summed E-state index contributed by atoms with van der Waals surface area (Å²) >= 11 is 3.43. The van der Waals surface area contributed by atoms with Gasteiger partial charge in [-0.25, -0.2) is 4.79 Å². The summed E-state index contributed by atoms with van der Waals surface area (Å²) in [5, 5.41) is 0.896. The highest BCUT2D eigenvalue weighted by atomic mass is 79.9. The molecule has 4 heteroatoms. The van der Waals surface area contributed by atoms with Crippen molar-refractivity contribution in [3.05, 3.63) is 62.9 Å². The van der Waals surface area contributed by atoms with Gasteiger partial charge in [-0.3, -0.25) is 0 Å². The molecule has 2 aromatic carbocycles. The van der Waals surface area contributed by atoms with Crippen LogP contribution in [-0.4, -0.2) is 7.11 Å². The molecule has 0 radical (unpaired) electrons. The maximum atomic E-state index is 12.2. The van der Waals surface area contributed by atoms with Crippen molar-refractivity contribution in [2.45, 2.75) is 6.92 Å². The smallest absolute Gasteiger partial charge is 0.344 e. The van der Waals surface area contributed by atoms with Gasteiger partial charge in [0.2, 0.25) is 0 Å². The van der Waals surface area contributed by atoms with Crippen LogP contribution in [0, 0.1) is 6.92 Å². The monoisotopic (exact) mass is 344 g/mol. The van der Waals surface area contributed by atoms with Crippen molar-refractivity contribution in [2.24, 2.45) is 0 Å². The van der Waals surface area contributed by atoms with Crippen LogP contribution in [0.25, 0.3) is 22.1 Å². The van der Waals surface area contributed by atoms with Gasteiger partial charge in [0.15, 0.2) is 5.58 Å². The SMILES string of the molecule is COc1ccc(-c2cc3cc(C)cc(Br)c3oc2=O)cc1. The fraction of sp³-hybridized carbons (Fsp3) is 0.118. The summed E-state index contributed by atoms with van der Waals surface area (Å²) < 4.78 is 11.4. The van der Waals surface area contributed by atoms with E-state index in [0.717, 1.165) is 26.7 Å². The van der Waals surface area contributed by atoms with Crippen LogP contribution < -0.4 is 10.4 Å². The number of methoxy groups -OCH3 is 1. The summed E-state index contributed by atoms with van der Waals surface area (Å²) in [4.78, 5) is 12.2. The summed E-state index contributed by atoms with van der Waals surface area (Å²) in [6.07, 6.45) is 0. The summed E-state index contributed by atoms with van der Waals surface area (Å²) in [6.45, 7) is 2.00. The number of ether oxygens (including phenoxy) is 1. The second-order valence-corrected chi connectivity index (χ2v) is 5.70. The third-order valence-corrected chi connectivity index (χ3v) is 3.92. The molecule has 1 aromatic heterocycles. The molecule has 0 atom stereocenters.